The van der Waals surface area contributed by atoms with Gasteiger partial charge in [-0.1, -0.05) is 0 Å². The van der Waals surface area contributed by atoms with Crippen LogP contribution in [0.15, 0.2) is 0 Å². The number of nitrogens with one attached hydrogen (secondary N) is 1. The lowest BCUT2D eigenvalue weighted by molar-refractivity contribution is -0.133. The summed E-state index contributed by atoms with van der Waals surface area (Å²) in [4.78, 5) is 0. The van der Waals surface area contributed by atoms with E-state index in [1.54, 1.807) is 0 Å². The van der Waals surface area contributed by atoms with Crippen molar-refractivity contribution in [3.8, 4) is 0 Å². The highest BCUT2D eigenvalue weighted by Gasteiger charge is 2.27. The third-order valence-electron chi connectivity index (χ3n) is 2.61. The Balaban J connectivity index is 2.08. The SMILES string of the molecule is NC1CCC(NCCC(F)(F)F)CC1. The standard InChI is InChI=1S/C9H17F3N2/c10-9(11,12)5-6-14-8-3-1-7(13)2-4-8/h7-8,14H,1-6,13H2. The first-order chi connectivity index (χ1) is 6.47. The molecular weight excluding hydrogens is 193 g/mol. The van der Waals surface area contributed by atoms with Crippen molar-refractivity contribution in [1.29, 1.82) is 0 Å². The van der Waals surface area contributed by atoms with E-state index in [0.717, 1.165) is 25.7 Å². The number of hydrogen-bond donors (Lipinski definition) is 2. The van der Waals surface area contributed by atoms with Gasteiger partial charge in [-0.05, 0) is 25.7 Å². The summed E-state index contributed by atoms with van der Waals surface area (Å²) in [6.45, 7) is 0.0312. The summed E-state index contributed by atoms with van der Waals surface area (Å²) < 4.78 is 35.4. The summed E-state index contributed by atoms with van der Waals surface area (Å²) in [6.07, 6.45) is -1.14. The van der Waals surface area contributed by atoms with Crippen LogP contribution in [0.4, 0.5) is 13.2 Å². The van der Waals surface area contributed by atoms with E-state index >= 15 is 0 Å². The van der Waals surface area contributed by atoms with Gasteiger partial charge in [0.15, 0.2) is 0 Å². The minimum Gasteiger partial charge on any atom is -0.328 e. The molecule has 2 nitrogen and oxygen atoms in total. The second-order valence-electron chi connectivity index (χ2n) is 3.93. The molecule has 0 aromatic carbocycles. The average molecular weight is 210 g/mol. The lowest BCUT2D eigenvalue weighted by atomic mass is 9.92. The van der Waals surface area contributed by atoms with Gasteiger partial charge in [0, 0.05) is 18.6 Å². The summed E-state index contributed by atoms with van der Waals surface area (Å²) in [7, 11) is 0. The first-order valence-corrected chi connectivity index (χ1v) is 5.03. The molecule has 1 aliphatic rings. The molecule has 84 valence electrons. The Morgan fingerprint density at radius 1 is 1.14 bits per heavy atom. The Kier molecular flexibility index (Phi) is 4.19. The van der Waals surface area contributed by atoms with Crippen LogP contribution in [0.3, 0.4) is 0 Å². The molecule has 0 atom stereocenters. The molecule has 1 saturated carbocycles. The van der Waals surface area contributed by atoms with E-state index in [1.807, 2.05) is 0 Å². The van der Waals surface area contributed by atoms with E-state index in [2.05, 4.69) is 5.32 Å². The largest absolute Gasteiger partial charge is 0.390 e. The average Bonchev–Trinajstić information content (AvgIpc) is 2.06. The Morgan fingerprint density at radius 3 is 2.21 bits per heavy atom. The van der Waals surface area contributed by atoms with Crippen LogP contribution in [0.25, 0.3) is 0 Å². The van der Waals surface area contributed by atoms with Crippen molar-refractivity contribution in [3.63, 3.8) is 0 Å². The Hall–Kier alpha value is -0.290. The van der Waals surface area contributed by atoms with Gasteiger partial charge in [-0.15, -0.1) is 0 Å². The van der Waals surface area contributed by atoms with Gasteiger partial charge >= 0.3 is 6.18 Å². The summed E-state index contributed by atoms with van der Waals surface area (Å²) in [5.41, 5.74) is 5.69. The molecule has 1 rings (SSSR count). The van der Waals surface area contributed by atoms with E-state index in [4.69, 9.17) is 5.73 Å². The number of hydrogen-bond acceptors (Lipinski definition) is 2. The fourth-order valence-corrected chi connectivity index (χ4v) is 1.74. The van der Waals surface area contributed by atoms with Crippen LogP contribution in [-0.4, -0.2) is 24.8 Å². The van der Waals surface area contributed by atoms with Gasteiger partial charge < -0.3 is 11.1 Å². The normalized spacial score (nSPS) is 29.1. The molecule has 0 saturated heterocycles. The second-order valence-corrected chi connectivity index (χ2v) is 3.93. The summed E-state index contributed by atoms with van der Waals surface area (Å²) >= 11 is 0. The molecule has 0 amide bonds. The second kappa shape index (κ2) is 4.98. The molecule has 0 bridgehead atoms. The minimum atomic E-state index is -4.04. The summed E-state index contributed by atoms with van der Waals surface area (Å²) in [6, 6.07) is 0.479. The number of alkyl halides is 3. The lowest BCUT2D eigenvalue weighted by Gasteiger charge is -2.27. The molecule has 14 heavy (non-hydrogen) atoms. The molecule has 0 aromatic heterocycles. The maximum Gasteiger partial charge on any atom is 0.390 e. The van der Waals surface area contributed by atoms with Gasteiger partial charge in [0.1, 0.15) is 0 Å². The predicted molar refractivity (Wildman–Crippen MR) is 48.9 cm³/mol. The molecule has 1 fully saturated rings. The predicted octanol–water partition coefficient (Wildman–Crippen LogP) is 1.80. The topological polar surface area (TPSA) is 38.0 Å². The quantitative estimate of drug-likeness (QED) is 0.745. The van der Waals surface area contributed by atoms with Crippen molar-refractivity contribution in [2.75, 3.05) is 6.54 Å². The van der Waals surface area contributed by atoms with Gasteiger partial charge in [-0.25, -0.2) is 0 Å². The third-order valence-corrected chi connectivity index (χ3v) is 2.61. The molecule has 1 aliphatic carbocycles. The zero-order valence-corrected chi connectivity index (χ0v) is 8.11. The van der Waals surface area contributed by atoms with E-state index in [-0.39, 0.29) is 18.6 Å². The van der Waals surface area contributed by atoms with Crippen LogP contribution in [-0.2, 0) is 0 Å². The molecule has 0 aromatic rings. The highest BCUT2D eigenvalue weighted by Crippen LogP contribution is 2.20. The van der Waals surface area contributed by atoms with Crippen molar-refractivity contribution in [2.24, 2.45) is 5.73 Å². The maximum absolute atomic E-state index is 11.8. The number of rotatable bonds is 3. The zero-order chi connectivity index (χ0) is 10.6. The van der Waals surface area contributed by atoms with Gasteiger partial charge in [-0.2, -0.15) is 13.2 Å². The van der Waals surface area contributed by atoms with Gasteiger partial charge in [-0.3, -0.25) is 0 Å². The highest BCUT2D eigenvalue weighted by molar-refractivity contribution is 4.78. The fourth-order valence-electron chi connectivity index (χ4n) is 1.74. The highest BCUT2D eigenvalue weighted by atomic mass is 19.4. The number of nitrogens with two attached hydrogens (primary N) is 1. The summed E-state index contributed by atoms with van der Waals surface area (Å²) in [5.74, 6) is 0. The van der Waals surface area contributed by atoms with Crippen molar-refractivity contribution in [3.05, 3.63) is 0 Å². The van der Waals surface area contributed by atoms with Crippen molar-refractivity contribution < 1.29 is 13.2 Å². The first-order valence-electron chi connectivity index (χ1n) is 5.03. The smallest absolute Gasteiger partial charge is 0.328 e. The molecule has 0 aliphatic heterocycles. The molecule has 0 spiro atoms. The van der Waals surface area contributed by atoms with Gasteiger partial charge in [0.25, 0.3) is 0 Å². The third kappa shape index (κ3) is 4.81. The molecule has 0 radical (unpaired) electrons. The van der Waals surface area contributed by atoms with E-state index in [9.17, 15) is 13.2 Å². The van der Waals surface area contributed by atoms with E-state index in [1.165, 1.54) is 0 Å². The van der Waals surface area contributed by atoms with Gasteiger partial charge in [0.05, 0.1) is 6.42 Å². The number of halogens is 3. The molecular formula is C9H17F3N2. The van der Waals surface area contributed by atoms with E-state index in [0.29, 0.717) is 0 Å². The molecule has 5 heteroatoms. The molecule has 0 unspecified atom stereocenters. The zero-order valence-electron chi connectivity index (χ0n) is 8.11. The Bertz CT molecular complexity index is 162. The van der Waals surface area contributed by atoms with Crippen LogP contribution < -0.4 is 11.1 Å². The van der Waals surface area contributed by atoms with Crippen molar-refractivity contribution in [2.45, 2.75) is 50.4 Å². The summed E-state index contributed by atoms with van der Waals surface area (Å²) in [5, 5.41) is 2.92. The van der Waals surface area contributed by atoms with Crippen LogP contribution >= 0.6 is 0 Å². The molecule has 0 heterocycles. The maximum atomic E-state index is 11.8. The van der Waals surface area contributed by atoms with Crippen molar-refractivity contribution in [1.82, 2.24) is 5.32 Å². The Labute approximate surface area is 82.0 Å². The van der Waals surface area contributed by atoms with Crippen LogP contribution in [0.5, 0.6) is 0 Å². The van der Waals surface area contributed by atoms with E-state index < -0.39 is 12.6 Å². The minimum absolute atomic E-state index is 0.0312. The fraction of sp³-hybridized carbons (Fsp3) is 1.00. The van der Waals surface area contributed by atoms with Crippen LogP contribution in [0, 0.1) is 0 Å². The first kappa shape index (κ1) is 11.8. The molecule has 3 N–H and O–H groups in total. The van der Waals surface area contributed by atoms with Crippen LogP contribution in [0.2, 0.25) is 0 Å². The van der Waals surface area contributed by atoms with Crippen molar-refractivity contribution >= 4 is 0 Å². The Morgan fingerprint density at radius 2 is 1.71 bits per heavy atom. The van der Waals surface area contributed by atoms with Gasteiger partial charge in [0.2, 0.25) is 0 Å². The lowest BCUT2D eigenvalue weighted by Crippen LogP contribution is -2.38. The van der Waals surface area contributed by atoms with Crippen LogP contribution in [0.1, 0.15) is 32.1 Å². The monoisotopic (exact) mass is 210 g/mol.